The first-order chi connectivity index (χ1) is 13.4. The first-order valence-corrected chi connectivity index (χ1v) is 8.92. The van der Waals surface area contributed by atoms with Crippen molar-refractivity contribution in [1.82, 2.24) is 20.0 Å². The van der Waals surface area contributed by atoms with E-state index in [2.05, 4.69) is 20.6 Å². The Labute approximate surface area is 160 Å². The van der Waals surface area contributed by atoms with Crippen molar-refractivity contribution in [2.24, 2.45) is 0 Å². The Balaban J connectivity index is 1.46. The second-order valence-electron chi connectivity index (χ2n) is 5.79. The Morgan fingerprint density at radius 1 is 1.14 bits per heavy atom. The highest BCUT2D eigenvalue weighted by molar-refractivity contribution is 7.13. The van der Waals surface area contributed by atoms with Crippen LogP contribution in [0.4, 0.5) is 19.0 Å². The van der Waals surface area contributed by atoms with Crippen LogP contribution in [0.15, 0.2) is 60.1 Å². The van der Waals surface area contributed by atoms with Gasteiger partial charge in [-0.2, -0.15) is 23.4 Å². The molecule has 4 aromatic rings. The van der Waals surface area contributed by atoms with E-state index in [4.69, 9.17) is 0 Å². The molecule has 1 amide bonds. The number of thiophene rings is 1. The van der Waals surface area contributed by atoms with Crippen molar-refractivity contribution in [2.75, 3.05) is 5.32 Å². The molecule has 0 atom stereocenters. The molecule has 28 heavy (non-hydrogen) atoms. The molecule has 3 heterocycles. The molecule has 10 heteroatoms. The zero-order valence-electron chi connectivity index (χ0n) is 14.1. The van der Waals surface area contributed by atoms with Crippen LogP contribution in [0.3, 0.4) is 0 Å². The van der Waals surface area contributed by atoms with Gasteiger partial charge in [-0.25, -0.2) is 4.68 Å². The first-order valence-electron chi connectivity index (χ1n) is 8.04. The molecule has 0 saturated heterocycles. The number of carbonyl (C=O) groups is 1. The van der Waals surface area contributed by atoms with Crippen molar-refractivity contribution >= 4 is 23.1 Å². The van der Waals surface area contributed by atoms with Gasteiger partial charge in [0.15, 0.2) is 11.5 Å². The fourth-order valence-electron chi connectivity index (χ4n) is 2.52. The minimum atomic E-state index is -4.50. The van der Waals surface area contributed by atoms with Gasteiger partial charge in [0.1, 0.15) is 0 Å². The van der Waals surface area contributed by atoms with Crippen LogP contribution in [-0.4, -0.2) is 25.9 Å². The maximum Gasteiger partial charge on any atom is 0.435 e. The molecule has 0 bridgehead atoms. The predicted molar refractivity (Wildman–Crippen MR) is 98.4 cm³/mol. The van der Waals surface area contributed by atoms with Gasteiger partial charge >= 0.3 is 6.18 Å². The number of benzene rings is 1. The Morgan fingerprint density at radius 2 is 1.93 bits per heavy atom. The normalized spacial score (nSPS) is 11.5. The Kier molecular flexibility index (Phi) is 4.47. The molecular weight excluding hydrogens is 391 g/mol. The number of carbonyl (C=O) groups excluding carboxylic acids is 1. The summed E-state index contributed by atoms with van der Waals surface area (Å²) in [5, 5.41) is 15.0. The van der Waals surface area contributed by atoms with Gasteiger partial charge in [-0.1, -0.05) is 6.07 Å². The second-order valence-corrected chi connectivity index (χ2v) is 6.74. The lowest BCUT2D eigenvalue weighted by atomic mass is 10.2. The lowest BCUT2D eigenvalue weighted by Gasteiger charge is -2.05. The summed E-state index contributed by atoms with van der Waals surface area (Å²) < 4.78 is 39.0. The molecule has 0 aliphatic heterocycles. The van der Waals surface area contributed by atoms with Gasteiger partial charge in [-0.3, -0.25) is 9.89 Å². The van der Waals surface area contributed by atoms with Crippen LogP contribution in [0, 0.1) is 0 Å². The molecule has 3 aromatic heterocycles. The van der Waals surface area contributed by atoms with Crippen LogP contribution in [-0.2, 0) is 6.18 Å². The topological polar surface area (TPSA) is 75.6 Å². The van der Waals surface area contributed by atoms with Crippen LogP contribution in [0.1, 0.15) is 16.1 Å². The van der Waals surface area contributed by atoms with Gasteiger partial charge < -0.3 is 5.32 Å². The number of hydrogen-bond donors (Lipinski definition) is 2. The molecule has 0 aliphatic rings. The Hall–Kier alpha value is -3.40. The molecule has 0 radical (unpaired) electrons. The number of rotatable bonds is 4. The molecule has 2 N–H and O–H groups in total. The highest BCUT2D eigenvalue weighted by Crippen LogP contribution is 2.28. The minimum absolute atomic E-state index is 0.340. The number of aromatic amines is 1. The smallest absolute Gasteiger partial charge is 0.305 e. The molecule has 0 unspecified atom stereocenters. The molecule has 0 saturated carbocycles. The summed E-state index contributed by atoms with van der Waals surface area (Å²) >= 11 is 1.54. The van der Waals surface area contributed by atoms with Gasteiger partial charge in [0.2, 0.25) is 0 Å². The first kappa shape index (κ1) is 18.0. The third kappa shape index (κ3) is 3.67. The number of amides is 1. The maximum atomic E-state index is 12.6. The Bertz CT molecular complexity index is 1100. The van der Waals surface area contributed by atoms with Gasteiger partial charge in [-0.05, 0) is 41.8 Å². The van der Waals surface area contributed by atoms with Gasteiger partial charge in [0, 0.05) is 17.8 Å². The summed E-state index contributed by atoms with van der Waals surface area (Å²) in [6.07, 6.45) is -3.29. The van der Waals surface area contributed by atoms with Crippen molar-refractivity contribution in [3.05, 3.63) is 71.4 Å². The van der Waals surface area contributed by atoms with Gasteiger partial charge in [-0.15, -0.1) is 11.3 Å². The summed E-state index contributed by atoms with van der Waals surface area (Å²) in [4.78, 5) is 13.4. The molecule has 142 valence electrons. The number of alkyl halides is 3. The average molecular weight is 403 g/mol. The molecular formula is C18H12F3N5OS. The Morgan fingerprint density at radius 3 is 2.57 bits per heavy atom. The largest absolute Gasteiger partial charge is 0.435 e. The van der Waals surface area contributed by atoms with E-state index in [0.717, 1.165) is 21.3 Å². The van der Waals surface area contributed by atoms with Crippen LogP contribution >= 0.6 is 11.3 Å². The van der Waals surface area contributed by atoms with E-state index in [1.54, 1.807) is 17.4 Å². The van der Waals surface area contributed by atoms with Gasteiger partial charge in [0.25, 0.3) is 5.91 Å². The summed E-state index contributed by atoms with van der Waals surface area (Å²) in [5.41, 5.74) is 0.564. The number of nitrogens with one attached hydrogen (secondary N) is 2. The van der Waals surface area contributed by atoms with Crippen molar-refractivity contribution < 1.29 is 18.0 Å². The van der Waals surface area contributed by atoms with Crippen molar-refractivity contribution in [3.63, 3.8) is 0 Å². The number of halogens is 3. The summed E-state index contributed by atoms with van der Waals surface area (Å²) in [5.74, 6) is -0.00778. The van der Waals surface area contributed by atoms with E-state index in [1.165, 1.54) is 30.5 Å². The average Bonchev–Trinajstić information content (AvgIpc) is 3.41. The highest BCUT2D eigenvalue weighted by atomic mass is 32.1. The van der Waals surface area contributed by atoms with Gasteiger partial charge in [0.05, 0.1) is 16.3 Å². The number of nitrogens with zero attached hydrogens (tertiary/aromatic N) is 3. The monoisotopic (exact) mass is 403 g/mol. The lowest BCUT2D eigenvalue weighted by Crippen LogP contribution is -2.12. The predicted octanol–water partition coefficient (Wildman–Crippen LogP) is 4.60. The van der Waals surface area contributed by atoms with E-state index >= 15 is 0 Å². The standard InChI is InChI=1S/C18H12F3N5OS/c19-18(20,21)15-7-8-26(25-15)12-5-3-11(4-6-12)17(27)22-16-10-13(23-24-16)14-2-1-9-28-14/h1-10H,(H2,22,23,24,27). The van der Waals surface area contributed by atoms with Crippen LogP contribution in [0.25, 0.3) is 16.3 Å². The zero-order valence-corrected chi connectivity index (χ0v) is 14.9. The third-order valence-electron chi connectivity index (χ3n) is 3.88. The maximum absolute atomic E-state index is 12.6. The summed E-state index contributed by atoms with van der Waals surface area (Å²) in [6.45, 7) is 0. The molecule has 0 aliphatic carbocycles. The third-order valence-corrected chi connectivity index (χ3v) is 4.78. The van der Waals surface area contributed by atoms with Crippen LogP contribution in [0.5, 0.6) is 0 Å². The lowest BCUT2D eigenvalue weighted by molar-refractivity contribution is -0.141. The van der Waals surface area contributed by atoms with E-state index in [-0.39, 0.29) is 5.91 Å². The molecule has 0 fully saturated rings. The molecule has 4 rings (SSSR count). The minimum Gasteiger partial charge on any atom is -0.305 e. The second kappa shape index (κ2) is 6.97. The number of anilines is 1. The quantitative estimate of drug-likeness (QED) is 0.523. The van der Waals surface area contributed by atoms with Crippen molar-refractivity contribution in [3.8, 4) is 16.3 Å². The number of H-pyrrole nitrogens is 1. The zero-order chi connectivity index (χ0) is 19.7. The van der Waals surface area contributed by atoms with Crippen LogP contribution < -0.4 is 5.32 Å². The number of aromatic nitrogens is 4. The summed E-state index contributed by atoms with van der Waals surface area (Å²) in [7, 11) is 0. The fourth-order valence-corrected chi connectivity index (χ4v) is 3.21. The summed E-state index contributed by atoms with van der Waals surface area (Å²) in [6, 6.07) is 12.5. The molecule has 1 aromatic carbocycles. The fraction of sp³-hybridized carbons (Fsp3) is 0.0556. The SMILES string of the molecule is O=C(Nc1cc(-c2cccs2)[nH]n1)c1ccc(-n2ccc(C(F)(F)F)n2)cc1. The van der Waals surface area contributed by atoms with E-state index < -0.39 is 11.9 Å². The molecule has 6 nitrogen and oxygen atoms in total. The van der Waals surface area contributed by atoms with E-state index in [0.29, 0.717) is 17.1 Å². The van der Waals surface area contributed by atoms with Crippen molar-refractivity contribution in [1.29, 1.82) is 0 Å². The molecule has 0 spiro atoms. The highest BCUT2D eigenvalue weighted by Gasteiger charge is 2.33. The van der Waals surface area contributed by atoms with Crippen LogP contribution in [0.2, 0.25) is 0 Å². The van der Waals surface area contributed by atoms with E-state index in [1.807, 2.05) is 17.5 Å². The van der Waals surface area contributed by atoms with Crippen molar-refractivity contribution in [2.45, 2.75) is 6.18 Å². The van der Waals surface area contributed by atoms with E-state index in [9.17, 15) is 18.0 Å². The number of hydrogen-bond acceptors (Lipinski definition) is 4.